The molecule has 0 saturated carbocycles. The molecule has 0 bridgehead atoms. The lowest BCUT2D eigenvalue weighted by Crippen LogP contribution is -2.35. The molecule has 1 aliphatic rings. The highest BCUT2D eigenvalue weighted by atomic mass is 19.1. The number of piperidine rings is 1. The van der Waals surface area contributed by atoms with Crippen LogP contribution in [0.5, 0.6) is 0 Å². The molecule has 1 aromatic heterocycles. The van der Waals surface area contributed by atoms with Crippen LogP contribution in [0.2, 0.25) is 0 Å². The van der Waals surface area contributed by atoms with Crippen LogP contribution in [-0.4, -0.2) is 22.3 Å². The monoisotopic (exact) mass is 569 g/mol. The van der Waals surface area contributed by atoms with E-state index in [-0.39, 0.29) is 23.9 Å². The van der Waals surface area contributed by atoms with Crippen molar-refractivity contribution in [3.8, 4) is 0 Å². The van der Waals surface area contributed by atoms with E-state index in [4.69, 9.17) is 11.6 Å². The number of nitrogens with one attached hydrogen (secondary N) is 2. The number of hydrogen-bond acceptors (Lipinski definition) is 7. The minimum absolute atomic E-state index is 0.0160. The van der Waals surface area contributed by atoms with Crippen LogP contribution in [0.4, 0.5) is 14.5 Å². The molecule has 0 radical (unpaired) electrons. The lowest BCUT2D eigenvalue weighted by atomic mass is 9.91. The summed E-state index contributed by atoms with van der Waals surface area (Å²) in [6, 6.07) is 14.0. The van der Waals surface area contributed by atoms with Gasteiger partial charge in [0.05, 0.1) is 12.2 Å². The van der Waals surface area contributed by atoms with Crippen molar-refractivity contribution in [1.29, 1.82) is 0 Å². The van der Waals surface area contributed by atoms with Crippen molar-refractivity contribution in [3.05, 3.63) is 107 Å². The first-order chi connectivity index (χ1) is 19.7. The maximum Gasteiger partial charge on any atom is 0.222 e. The van der Waals surface area contributed by atoms with Gasteiger partial charge in [-0.2, -0.15) is 0 Å². The number of hydrazine groups is 2. The summed E-state index contributed by atoms with van der Waals surface area (Å²) < 4.78 is 26.7. The summed E-state index contributed by atoms with van der Waals surface area (Å²) in [7, 11) is 0. The van der Waals surface area contributed by atoms with E-state index in [1.54, 1.807) is 0 Å². The van der Waals surface area contributed by atoms with Crippen LogP contribution in [-0.2, 0) is 17.9 Å². The molecule has 2 heterocycles. The molecule has 3 aromatic rings. The number of anilines is 1. The van der Waals surface area contributed by atoms with Crippen molar-refractivity contribution in [1.82, 2.24) is 15.3 Å². The molecule has 1 amide bonds. The van der Waals surface area contributed by atoms with E-state index >= 15 is 0 Å². The Bertz CT molecular complexity index is 1200. The highest BCUT2D eigenvalue weighted by Crippen LogP contribution is 2.30. The van der Waals surface area contributed by atoms with Gasteiger partial charge in [-0.15, -0.1) is 0 Å². The van der Waals surface area contributed by atoms with Gasteiger partial charge in [0.2, 0.25) is 5.91 Å². The van der Waals surface area contributed by atoms with E-state index in [9.17, 15) is 13.6 Å². The van der Waals surface area contributed by atoms with Crippen molar-refractivity contribution in [2.75, 3.05) is 12.0 Å². The summed E-state index contributed by atoms with van der Waals surface area (Å²) in [5.41, 5.74) is 16.1. The van der Waals surface area contributed by atoms with Crippen molar-refractivity contribution >= 4 is 11.6 Å². The standard InChI is InChI=1S/C15H20N4.C12H13F2NO.C2H6N2.C2H6/c1-10-7-13(5-6-18-10)11(2)14-8-12(9-16)3-4-15(14)19-17;13-10-4-3-5-11(14)9(10)8-15-7-2-1-6-12(15)16;1-2-4-3;1-2/h3-8,11,19H,9,16-17H2,1-2H3;3-5H,1-2,6-8H2;2,4H,1,3H2;1-2H3. The maximum atomic E-state index is 13.4. The number of likely N-dealkylation sites (tertiary alicyclic amines) is 1. The first-order valence-electron chi connectivity index (χ1n) is 13.7. The van der Waals surface area contributed by atoms with E-state index in [0.29, 0.717) is 19.5 Å². The zero-order chi connectivity index (χ0) is 30.8. The third-order valence-electron chi connectivity index (χ3n) is 6.34. The Hall–Kier alpha value is -3.86. The largest absolute Gasteiger partial charge is 0.338 e. The normalized spacial score (nSPS) is 12.8. The van der Waals surface area contributed by atoms with Gasteiger partial charge in [0, 0.05) is 49.1 Å². The first-order valence-corrected chi connectivity index (χ1v) is 13.7. The third kappa shape index (κ3) is 11.3. The lowest BCUT2D eigenvalue weighted by molar-refractivity contribution is -0.133. The van der Waals surface area contributed by atoms with Crippen molar-refractivity contribution in [2.24, 2.45) is 17.4 Å². The number of pyridine rings is 1. The van der Waals surface area contributed by atoms with Gasteiger partial charge in [-0.1, -0.05) is 45.5 Å². The third-order valence-corrected chi connectivity index (χ3v) is 6.34. The number of carbonyl (C=O) groups is 1. The number of nitrogens with two attached hydrogens (primary N) is 3. The molecule has 41 heavy (non-hydrogen) atoms. The molecule has 1 fully saturated rings. The molecular formula is C31H45F2N7O. The van der Waals surface area contributed by atoms with Gasteiger partial charge in [0.1, 0.15) is 11.6 Å². The van der Waals surface area contributed by atoms with Gasteiger partial charge in [0.25, 0.3) is 0 Å². The Morgan fingerprint density at radius 1 is 1.10 bits per heavy atom. The second kappa shape index (κ2) is 19.3. The number of aromatic nitrogens is 1. The van der Waals surface area contributed by atoms with E-state index in [2.05, 4.69) is 47.3 Å². The molecule has 1 aliphatic heterocycles. The second-order valence-electron chi connectivity index (χ2n) is 9.07. The zero-order valence-corrected chi connectivity index (χ0v) is 24.6. The van der Waals surface area contributed by atoms with E-state index in [0.717, 1.165) is 35.3 Å². The molecule has 8 nitrogen and oxygen atoms in total. The maximum absolute atomic E-state index is 13.4. The number of nitrogens with zero attached hydrogens (tertiary/aromatic N) is 2. The van der Waals surface area contributed by atoms with Crippen LogP contribution < -0.4 is 28.3 Å². The number of hydrogen-bond donors (Lipinski definition) is 5. The summed E-state index contributed by atoms with van der Waals surface area (Å²) in [6.45, 7) is 12.6. The summed E-state index contributed by atoms with van der Waals surface area (Å²) in [5, 5.41) is 0. The minimum Gasteiger partial charge on any atom is -0.338 e. The molecule has 0 spiro atoms. The van der Waals surface area contributed by atoms with Gasteiger partial charge in [-0.05, 0) is 66.8 Å². The zero-order valence-electron chi connectivity index (χ0n) is 24.6. The Morgan fingerprint density at radius 2 is 1.76 bits per heavy atom. The predicted molar refractivity (Wildman–Crippen MR) is 163 cm³/mol. The number of rotatable bonds is 7. The Kier molecular flexibility index (Phi) is 16.5. The molecule has 10 heteroatoms. The molecule has 0 aliphatic carbocycles. The van der Waals surface area contributed by atoms with Crippen molar-refractivity contribution in [3.63, 3.8) is 0 Å². The van der Waals surface area contributed by atoms with Gasteiger partial charge in [0.15, 0.2) is 0 Å². The molecule has 8 N–H and O–H groups in total. The van der Waals surface area contributed by atoms with Gasteiger partial charge in [-0.3, -0.25) is 21.5 Å². The summed E-state index contributed by atoms with van der Waals surface area (Å²) in [4.78, 5) is 17.3. The number of nitrogen functional groups attached to an aromatic ring is 1. The smallest absolute Gasteiger partial charge is 0.222 e. The highest BCUT2D eigenvalue weighted by molar-refractivity contribution is 5.76. The van der Waals surface area contributed by atoms with E-state index in [1.807, 2.05) is 45.2 Å². The molecule has 2 aromatic carbocycles. The van der Waals surface area contributed by atoms with Crippen LogP contribution in [0.25, 0.3) is 0 Å². The predicted octanol–water partition coefficient (Wildman–Crippen LogP) is 5.38. The SMILES string of the molecule is C=CNN.CC.Cc1cc(C(C)c2cc(CN)ccc2NN)ccn1.O=C1CCCCN1Cc1c(F)cccc1F. The van der Waals surface area contributed by atoms with Crippen LogP contribution in [0.1, 0.15) is 73.9 Å². The van der Waals surface area contributed by atoms with Gasteiger partial charge < -0.3 is 21.5 Å². The summed E-state index contributed by atoms with van der Waals surface area (Å²) in [6.07, 6.45) is 5.50. The number of benzene rings is 2. The molecule has 1 saturated heterocycles. The number of amides is 1. The number of carbonyl (C=O) groups excluding carboxylic acids is 1. The molecule has 4 rings (SSSR count). The van der Waals surface area contributed by atoms with Crippen LogP contribution >= 0.6 is 0 Å². The molecule has 1 atom stereocenters. The molecule has 1 unspecified atom stereocenters. The fourth-order valence-electron chi connectivity index (χ4n) is 4.15. The minimum atomic E-state index is -0.585. The number of aryl methyl sites for hydroxylation is 1. The average Bonchev–Trinajstić information content (AvgIpc) is 3.00. The summed E-state index contributed by atoms with van der Waals surface area (Å²) in [5.74, 6) is 9.30. The fourth-order valence-corrected chi connectivity index (χ4v) is 4.15. The van der Waals surface area contributed by atoms with Gasteiger partial charge >= 0.3 is 0 Å². The van der Waals surface area contributed by atoms with Crippen LogP contribution in [0, 0.1) is 18.6 Å². The van der Waals surface area contributed by atoms with E-state index in [1.165, 1.54) is 34.9 Å². The highest BCUT2D eigenvalue weighted by Gasteiger charge is 2.21. The summed E-state index contributed by atoms with van der Waals surface area (Å²) >= 11 is 0. The topological polar surface area (TPSA) is 135 Å². The lowest BCUT2D eigenvalue weighted by Gasteiger charge is -2.26. The molecular weight excluding hydrogens is 524 g/mol. The van der Waals surface area contributed by atoms with Crippen LogP contribution in [0.3, 0.4) is 0 Å². The fraction of sp³-hybridized carbons (Fsp3) is 0.355. The second-order valence-corrected chi connectivity index (χ2v) is 9.07. The quantitative estimate of drug-likeness (QED) is 0.190. The number of halogens is 2. The molecule has 224 valence electrons. The van der Waals surface area contributed by atoms with Crippen LogP contribution in [0.15, 0.2) is 67.5 Å². The Morgan fingerprint density at radius 3 is 2.29 bits per heavy atom. The van der Waals surface area contributed by atoms with Crippen molar-refractivity contribution < 1.29 is 13.6 Å². The Balaban J connectivity index is 0.000000348. The average molecular weight is 570 g/mol. The van der Waals surface area contributed by atoms with E-state index < -0.39 is 11.6 Å². The van der Waals surface area contributed by atoms with Gasteiger partial charge in [-0.25, -0.2) is 8.78 Å². The van der Waals surface area contributed by atoms with Crippen molar-refractivity contribution in [2.45, 2.75) is 66.0 Å². The Labute approximate surface area is 243 Å². The first kappa shape index (κ1) is 35.2.